The standard InChI is InChI=1S/C34H59NO8/c1-5-11-32-33(41)35-22-29(38)21-31(40)30(39)19-18-27(23-36)15-9-13-26(6-2)14-10-17-28(37)16-8-7-12-24(3)20-25(4)34(42)43-32/h9,13,15,24-26,29-32,36,38-40H,5-8,10-12,14,16-23H2,1-4H3,(H,35,41)/b13-9+,27-15-/t24-,25+,26?,29+,30-,31+,32+/m1/s1. The summed E-state index contributed by atoms with van der Waals surface area (Å²) in [5, 5.41) is 43.6. The van der Waals surface area contributed by atoms with E-state index in [9.17, 15) is 34.8 Å². The first-order chi connectivity index (χ1) is 20.5. The number of hydrogen-bond donors (Lipinski definition) is 5. The van der Waals surface area contributed by atoms with E-state index in [1.54, 1.807) is 6.92 Å². The third-order valence-corrected chi connectivity index (χ3v) is 8.37. The molecule has 0 fully saturated rings. The van der Waals surface area contributed by atoms with Gasteiger partial charge >= 0.3 is 5.97 Å². The van der Waals surface area contributed by atoms with E-state index in [1.807, 2.05) is 19.1 Å². The van der Waals surface area contributed by atoms with Crippen LogP contribution in [0.15, 0.2) is 23.8 Å². The summed E-state index contributed by atoms with van der Waals surface area (Å²) in [5.41, 5.74) is 0.716. The Morgan fingerprint density at radius 3 is 2.30 bits per heavy atom. The molecule has 1 aliphatic heterocycles. The van der Waals surface area contributed by atoms with Gasteiger partial charge in [-0.1, -0.05) is 65.2 Å². The molecule has 0 saturated heterocycles. The number of hydrogen-bond acceptors (Lipinski definition) is 8. The molecule has 0 aliphatic carbocycles. The summed E-state index contributed by atoms with van der Waals surface area (Å²) in [6, 6.07) is 0. The van der Waals surface area contributed by atoms with Crippen LogP contribution in [0.4, 0.5) is 0 Å². The molecule has 0 bridgehead atoms. The molecule has 1 amide bonds. The SMILES string of the molecule is CCC[C@@H]1OC(=O)[C@@H](C)C[C@H](C)CCCCC(=O)CCCC(CC)/C=C/C=C(\CO)CC[C@@H](O)[C@@H](O)C[C@H](O)CNC1=O. The maximum Gasteiger partial charge on any atom is 0.309 e. The minimum atomic E-state index is -1.21. The molecule has 1 unspecified atom stereocenters. The van der Waals surface area contributed by atoms with Crippen molar-refractivity contribution in [2.24, 2.45) is 17.8 Å². The minimum absolute atomic E-state index is 0.145. The molecule has 0 aromatic rings. The van der Waals surface area contributed by atoms with Crippen molar-refractivity contribution in [2.75, 3.05) is 13.2 Å². The Labute approximate surface area is 259 Å². The molecule has 0 aromatic heterocycles. The number of ketones is 1. The summed E-state index contributed by atoms with van der Waals surface area (Å²) in [4.78, 5) is 38.0. The fourth-order valence-corrected chi connectivity index (χ4v) is 5.46. The van der Waals surface area contributed by atoms with Crippen LogP contribution in [-0.4, -0.2) is 75.7 Å². The number of allylic oxidation sites excluding steroid dienone is 3. The second-order valence-electron chi connectivity index (χ2n) is 12.5. The molecule has 43 heavy (non-hydrogen) atoms. The number of carbonyl (C=O) groups is 3. The first-order valence-electron chi connectivity index (χ1n) is 16.5. The van der Waals surface area contributed by atoms with Crippen molar-refractivity contribution in [1.29, 1.82) is 0 Å². The van der Waals surface area contributed by atoms with Crippen LogP contribution in [0.2, 0.25) is 0 Å². The van der Waals surface area contributed by atoms with Crippen LogP contribution >= 0.6 is 0 Å². The lowest BCUT2D eigenvalue weighted by molar-refractivity contribution is -0.160. The highest BCUT2D eigenvalue weighted by molar-refractivity contribution is 5.84. The molecule has 248 valence electrons. The number of amides is 1. The zero-order valence-corrected chi connectivity index (χ0v) is 27.0. The molecule has 0 saturated carbocycles. The number of aliphatic hydroxyl groups is 4. The fraction of sp³-hybridized carbons (Fsp3) is 0.794. The van der Waals surface area contributed by atoms with E-state index < -0.39 is 36.3 Å². The van der Waals surface area contributed by atoms with Crippen LogP contribution in [0.25, 0.3) is 0 Å². The monoisotopic (exact) mass is 609 g/mol. The van der Waals surface area contributed by atoms with Crippen molar-refractivity contribution in [2.45, 2.75) is 142 Å². The van der Waals surface area contributed by atoms with Crippen LogP contribution in [0.3, 0.4) is 0 Å². The predicted molar refractivity (Wildman–Crippen MR) is 168 cm³/mol. The van der Waals surface area contributed by atoms with E-state index >= 15 is 0 Å². The molecular weight excluding hydrogens is 550 g/mol. The first-order valence-corrected chi connectivity index (χ1v) is 16.5. The maximum absolute atomic E-state index is 12.8. The largest absolute Gasteiger partial charge is 0.452 e. The summed E-state index contributed by atoms with van der Waals surface area (Å²) in [7, 11) is 0. The zero-order chi connectivity index (χ0) is 32.2. The van der Waals surface area contributed by atoms with E-state index in [4.69, 9.17) is 4.74 Å². The first kappa shape index (κ1) is 39.0. The van der Waals surface area contributed by atoms with E-state index in [0.717, 1.165) is 38.5 Å². The number of cyclic esters (lactones) is 1. The molecule has 9 nitrogen and oxygen atoms in total. The summed E-state index contributed by atoms with van der Waals surface area (Å²) in [5.74, 6) is -0.417. The molecule has 0 radical (unpaired) electrons. The molecular formula is C34H59NO8. The van der Waals surface area contributed by atoms with E-state index in [-0.39, 0.29) is 43.6 Å². The number of nitrogens with one attached hydrogen (secondary N) is 1. The average Bonchev–Trinajstić information content (AvgIpc) is 2.97. The zero-order valence-electron chi connectivity index (χ0n) is 27.0. The van der Waals surface area contributed by atoms with Gasteiger partial charge in [0, 0.05) is 25.8 Å². The third kappa shape index (κ3) is 17.1. The highest BCUT2D eigenvalue weighted by Gasteiger charge is 2.27. The van der Waals surface area contributed by atoms with Crippen molar-refractivity contribution in [3.63, 3.8) is 0 Å². The molecule has 7 atom stereocenters. The Hall–Kier alpha value is -2.07. The number of carbonyl (C=O) groups excluding carboxylic acids is 3. The molecule has 0 aromatic carbocycles. The number of rotatable bonds is 4. The summed E-state index contributed by atoms with van der Waals surface area (Å²) < 4.78 is 5.57. The topological polar surface area (TPSA) is 153 Å². The Morgan fingerprint density at radius 2 is 1.63 bits per heavy atom. The number of Topliss-reactive ketones (excluding diaryl/α,β-unsaturated/α-hetero) is 1. The van der Waals surface area contributed by atoms with Crippen molar-refractivity contribution in [3.8, 4) is 0 Å². The lowest BCUT2D eigenvalue weighted by Crippen LogP contribution is -2.43. The predicted octanol–water partition coefficient (Wildman–Crippen LogP) is 4.54. The molecule has 1 heterocycles. The Bertz CT molecular complexity index is 872. The minimum Gasteiger partial charge on any atom is -0.452 e. The fourth-order valence-electron chi connectivity index (χ4n) is 5.46. The van der Waals surface area contributed by atoms with Crippen molar-refractivity contribution in [3.05, 3.63) is 23.8 Å². The van der Waals surface area contributed by atoms with Gasteiger partial charge < -0.3 is 30.5 Å². The lowest BCUT2D eigenvalue weighted by Gasteiger charge is -2.23. The van der Waals surface area contributed by atoms with Gasteiger partial charge in [0.25, 0.3) is 5.91 Å². The Kier molecular flexibility index (Phi) is 20.3. The third-order valence-electron chi connectivity index (χ3n) is 8.37. The van der Waals surface area contributed by atoms with E-state index in [1.165, 1.54) is 0 Å². The smallest absolute Gasteiger partial charge is 0.309 e. The van der Waals surface area contributed by atoms with Crippen LogP contribution in [-0.2, 0) is 19.1 Å². The van der Waals surface area contributed by atoms with Crippen LogP contribution in [0.5, 0.6) is 0 Å². The van der Waals surface area contributed by atoms with Gasteiger partial charge in [0.2, 0.25) is 0 Å². The molecule has 9 heteroatoms. The van der Waals surface area contributed by atoms with Crippen molar-refractivity contribution >= 4 is 17.7 Å². The summed E-state index contributed by atoms with van der Waals surface area (Å²) in [6.07, 6.45) is 9.97. The van der Waals surface area contributed by atoms with Crippen molar-refractivity contribution in [1.82, 2.24) is 5.32 Å². The highest BCUT2D eigenvalue weighted by atomic mass is 16.5. The van der Waals surface area contributed by atoms with Gasteiger partial charge in [-0.05, 0) is 68.8 Å². The molecule has 1 rings (SSSR count). The van der Waals surface area contributed by atoms with Gasteiger partial charge in [0.1, 0.15) is 5.78 Å². The summed E-state index contributed by atoms with van der Waals surface area (Å²) in [6.45, 7) is 7.56. The Balaban J connectivity index is 2.92. The van der Waals surface area contributed by atoms with Crippen LogP contribution in [0.1, 0.15) is 118 Å². The maximum atomic E-state index is 12.8. The normalized spacial score (nSPS) is 33.3. The molecule has 1 aliphatic rings. The average molecular weight is 610 g/mol. The number of esters is 1. The molecule has 5 N–H and O–H groups in total. The second-order valence-corrected chi connectivity index (χ2v) is 12.5. The number of aliphatic hydroxyl groups excluding tert-OH is 4. The summed E-state index contributed by atoms with van der Waals surface area (Å²) >= 11 is 0. The van der Waals surface area contributed by atoms with Gasteiger partial charge in [-0.3, -0.25) is 14.4 Å². The lowest BCUT2D eigenvalue weighted by atomic mass is 9.92. The molecule has 0 spiro atoms. The van der Waals surface area contributed by atoms with E-state index in [0.29, 0.717) is 50.0 Å². The van der Waals surface area contributed by atoms with Gasteiger partial charge in [0.05, 0.1) is 30.8 Å². The second kappa shape index (κ2) is 22.4. The number of β-amino-alcohol motifs (C(OH)–C–C–N with tert-alkyl or cyclic N) is 1. The Morgan fingerprint density at radius 1 is 0.907 bits per heavy atom. The van der Waals surface area contributed by atoms with Crippen molar-refractivity contribution < 1.29 is 39.5 Å². The van der Waals surface area contributed by atoms with E-state index in [2.05, 4.69) is 25.2 Å². The van der Waals surface area contributed by atoms with Gasteiger partial charge in [-0.15, -0.1) is 0 Å². The highest BCUT2D eigenvalue weighted by Crippen LogP contribution is 2.22. The van der Waals surface area contributed by atoms with Gasteiger partial charge in [-0.2, -0.15) is 0 Å². The van der Waals surface area contributed by atoms with Crippen LogP contribution < -0.4 is 5.32 Å². The number of ether oxygens (including phenoxy) is 1. The van der Waals surface area contributed by atoms with Gasteiger partial charge in [0.15, 0.2) is 6.10 Å². The quantitative estimate of drug-likeness (QED) is 0.291. The van der Waals surface area contributed by atoms with Gasteiger partial charge in [-0.25, -0.2) is 0 Å². The van der Waals surface area contributed by atoms with Crippen LogP contribution in [0, 0.1) is 17.8 Å².